The maximum atomic E-state index is 11.9. The van der Waals surface area contributed by atoms with Crippen LogP contribution in [-0.4, -0.2) is 24.4 Å². The Kier molecular flexibility index (Phi) is 6.95. The van der Waals surface area contributed by atoms with E-state index in [0.29, 0.717) is 22.8 Å². The number of halogens is 2. The van der Waals surface area contributed by atoms with Gasteiger partial charge in [0.05, 0.1) is 10.7 Å². The van der Waals surface area contributed by atoms with Gasteiger partial charge in [0.25, 0.3) is 0 Å². The van der Waals surface area contributed by atoms with E-state index in [2.05, 4.69) is 16.0 Å². The molecule has 1 unspecified atom stereocenters. The van der Waals surface area contributed by atoms with E-state index in [9.17, 15) is 9.59 Å². The second kappa shape index (κ2) is 8.22. The second-order valence-electron chi connectivity index (χ2n) is 4.92. The molecule has 21 heavy (non-hydrogen) atoms. The van der Waals surface area contributed by atoms with Crippen molar-refractivity contribution in [1.82, 2.24) is 5.32 Å². The first-order valence-electron chi connectivity index (χ1n) is 6.65. The third-order valence-electron chi connectivity index (χ3n) is 3.16. The Balaban J connectivity index is 0.00000220. The summed E-state index contributed by atoms with van der Waals surface area (Å²) < 4.78 is 0. The predicted octanol–water partition coefficient (Wildman–Crippen LogP) is 2.80. The molecule has 0 aromatic heterocycles. The number of hydrogen-bond donors (Lipinski definition) is 3. The summed E-state index contributed by atoms with van der Waals surface area (Å²) in [6.45, 7) is 2.40. The summed E-state index contributed by atoms with van der Waals surface area (Å²) in [6, 6.07) is 5.29. The molecule has 0 spiro atoms. The van der Waals surface area contributed by atoms with Crippen LogP contribution in [0.15, 0.2) is 18.2 Å². The van der Waals surface area contributed by atoms with E-state index in [4.69, 9.17) is 11.6 Å². The molecule has 0 radical (unpaired) electrons. The van der Waals surface area contributed by atoms with Gasteiger partial charge in [-0.3, -0.25) is 9.59 Å². The molecule has 1 atom stereocenters. The zero-order valence-corrected chi connectivity index (χ0v) is 13.3. The van der Waals surface area contributed by atoms with Crippen LogP contribution in [0, 0.1) is 0 Å². The Bertz CT molecular complexity index is 517. The molecule has 2 rings (SSSR count). The van der Waals surface area contributed by atoms with Gasteiger partial charge in [-0.05, 0) is 37.6 Å². The van der Waals surface area contributed by atoms with E-state index < -0.39 is 0 Å². The fraction of sp³-hybridized carbons (Fsp3) is 0.429. The Labute approximate surface area is 135 Å². The minimum absolute atomic E-state index is 0. The lowest BCUT2D eigenvalue weighted by Gasteiger charge is -2.12. The molecule has 1 aromatic carbocycles. The fourth-order valence-corrected chi connectivity index (χ4v) is 2.48. The minimum Gasteiger partial charge on any atom is -0.326 e. The average Bonchev–Trinajstić information content (AvgIpc) is 2.85. The SMILES string of the molecule is CC(=O)Nc1ccc(NC(=O)CC2CCCN2)cc1Cl.Cl. The Morgan fingerprint density at radius 1 is 1.38 bits per heavy atom. The largest absolute Gasteiger partial charge is 0.326 e. The van der Waals surface area contributed by atoms with Crippen LogP contribution in [-0.2, 0) is 9.59 Å². The Morgan fingerprint density at radius 3 is 2.71 bits per heavy atom. The van der Waals surface area contributed by atoms with Gasteiger partial charge in [0.15, 0.2) is 0 Å². The number of anilines is 2. The van der Waals surface area contributed by atoms with Crippen LogP contribution in [0.5, 0.6) is 0 Å². The van der Waals surface area contributed by atoms with Gasteiger partial charge in [-0.25, -0.2) is 0 Å². The molecular formula is C14H19Cl2N3O2. The van der Waals surface area contributed by atoms with Gasteiger partial charge in [0.1, 0.15) is 0 Å². The lowest BCUT2D eigenvalue weighted by Crippen LogP contribution is -2.27. The topological polar surface area (TPSA) is 70.2 Å². The molecule has 1 aromatic rings. The Morgan fingerprint density at radius 2 is 2.14 bits per heavy atom. The summed E-state index contributed by atoms with van der Waals surface area (Å²) in [5.74, 6) is -0.219. The highest BCUT2D eigenvalue weighted by molar-refractivity contribution is 6.34. The summed E-state index contributed by atoms with van der Waals surface area (Å²) in [7, 11) is 0. The van der Waals surface area contributed by atoms with Gasteiger partial charge in [-0.2, -0.15) is 0 Å². The molecule has 0 saturated carbocycles. The number of nitrogens with one attached hydrogen (secondary N) is 3. The molecule has 1 aliphatic rings. The van der Waals surface area contributed by atoms with E-state index in [0.717, 1.165) is 19.4 Å². The smallest absolute Gasteiger partial charge is 0.225 e. The molecule has 116 valence electrons. The lowest BCUT2D eigenvalue weighted by molar-refractivity contribution is -0.116. The molecule has 7 heteroatoms. The monoisotopic (exact) mass is 331 g/mol. The molecule has 1 aliphatic heterocycles. The quantitative estimate of drug-likeness (QED) is 0.794. The van der Waals surface area contributed by atoms with E-state index in [1.807, 2.05) is 0 Å². The molecule has 5 nitrogen and oxygen atoms in total. The summed E-state index contributed by atoms with van der Waals surface area (Å²) in [6.07, 6.45) is 2.62. The number of carbonyl (C=O) groups excluding carboxylic acids is 2. The number of benzene rings is 1. The van der Waals surface area contributed by atoms with Crippen molar-refractivity contribution in [2.24, 2.45) is 0 Å². The van der Waals surface area contributed by atoms with Crippen LogP contribution >= 0.6 is 24.0 Å². The van der Waals surface area contributed by atoms with E-state index >= 15 is 0 Å². The molecule has 3 N–H and O–H groups in total. The molecule has 0 bridgehead atoms. The highest BCUT2D eigenvalue weighted by atomic mass is 35.5. The van der Waals surface area contributed by atoms with E-state index in [-0.39, 0.29) is 30.3 Å². The number of hydrogen-bond acceptors (Lipinski definition) is 3. The first kappa shape index (κ1) is 17.8. The summed E-state index contributed by atoms with van der Waals surface area (Å²) >= 11 is 6.05. The molecule has 1 fully saturated rings. The normalized spacial score (nSPS) is 17.0. The summed E-state index contributed by atoms with van der Waals surface area (Å²) in [4.78, 5) is 22.9. The van der Waals surface area contributed by atoms with Crippen molar-refractivity contribution in [2.75, 3.05) is 17.2 Å². The highest BCUT2D eigenvalue weighted by Crippen LogP contribution is 2.25. The van der Waals surface area contributed by atoms with E-state index in [1.165, 1.54) is 6.92 Å². The van der Waals surface area contributed by atoms with Gasteiger partial charge in [0.2, 0.25) is 11.8 Å². The standard InChI is InChI=1S/C14H18ClN3O2.ClH/c1-9(19)17-13-5-4-11(7-12(13)15)18-14(20)8-10-3-2-6-16-10;/h4-5,7,10,16H,2-3,6,8H2,1H3,(H,17,19)(H,18,20);1H. The average molecular weight is 332 g/mol. The van der Waals surface area contributed by atoms with Crippen LogP contribution < -0.4 is 16.0 Å². The van der Waals surface area contributed by atoms with Crippen molar-refractivity contribution in [1.29, 1.82) is 0 Å². The second-order valence-corrected chi connectivity index (χ2v) is 5.33. The van der Waals surface area contributed by atoms with Crippen molar-refractivity contribution in [3.63, 3.8) is 0 Å². The van der Waals surface area contributed by atoms with Crippen molar-refractivity contribution < 1.29 is 9.59 Å². The highest BCUT2D eigenvalue weighted by Gasteiger charge is 2.17. The molecule has 1 heterocycles. The molecule has 1 saturated heterocycles. The first-order valence-corrected chi connectivity index (χ1v) is 7.03. The van der Waals surface area contributed by atoms with Crippen LogP contribution in [0.4, 0.5) is 11.4 Å². The third kappa shape index (κ3) is 5.53. The molecule has 0 aliphatic carbocycles. The van der Waals surface area contributed by atoms with Crippen LogP contribution in [0.25, 0.3) is 0 Å². The van der Waals surface area contributed by atoms with Gasteiger partial charge in [-0.1, -0.05) is 11.6 Å². The van der Waals surface area contributed by atoms with Crippen LogP contribution in [0.2, 0.25) is 5.02 Å². The zero-order chi connectivity index (χ0) is 14.5. The predicted molar refractivity (Wildman–Crippen MR) is 87.3 cm³/mol. The minimum atomic E-state index is -0.184. The summed E-state index contributed by atoms with van der Waals surface area (Å²) in [5, 5.41) is 9.11. The number of rotatable bonds is 4. The van der Waals surface area contributed by atoms with Crippen molar-refractivity contribution in [3.05, 3.63) is 23.2 Å². The van der Waals surface area contributed by atoms with Crippen molar-refractivity contribution >= 4 is 47.2 Å². The van der Waals surface area contributed by atoms with Crippen LogP contribution in [0.3, 0.4) is 0 Å². The third-order valence-corrected chi connectivity index (χ3v) is 3.47. The molecule has 2 amide bonds. The maximum Gasteiger partial charge on any atom is 0.225 e. The zero-order valence-electron chi connectivity index (χ0n) is 11.7. The Hall–Kier alpha value is -1.30. The molecular weight excluding hydrogens is 313 g/mol. The van der Waals surface area contributed by atoms with E-state index in [1.54, 1.807) is 18.2 Å². The van der Waals surface area contributed by atoms with Gasteiger partial charge in [-0.15, -0.1) is 12.4 Å². The first-order chi connectivity index (χ1) is 9.54. The maximum absolute atomic E-state index is 11.9. The van der Waals surface area contributed by atoms with Gasteiger partial charge < -0.3 is 16.0 Å². The van der Waals surface area contributed by atoms with Gasteiger partial charge in [0, 0.05) is 25.1 Å². The number of carbonyl (C=O) groups is 2. The van der Waals surface area contributed by atoms with Crippen molar-refractivity contribution in [2.45, 2.75) is 32.2 Å². The summed E-state index contributed by atoms with van der Waals surface area (Å²) in [5.41, 5.74) is 1.17. The van der Waals surface area contributed by atoms with Crippen molar-refractivity contribution in [3.8, 4) is 0 Å². The lowest BCUT2D eigenvalue weighted by atomic mass is 10.1. The van der Waals surface area contributed by atoms with Gasteiger partial charge >= 0.3 is 0 Å². The van der Waals surface area contributed by atoms with Crippen LogP contribution in [0.1, 0.15) is 26.2 Å². The fourth-order valence-electron chi connectivity index (χ4n) is 2.25. The number of amides is 2.